The van der Waals surface area contributed by atoms with Crippen molar-refractivity contribution in [3.8, 4) is 0 Å². The first kappa shape index (κ1) is 12.4. The number of carbonyl (C=O) groups is 1. The molecule has 1 aliphatic heterocycles. The van der Waals surface area contributed by atoms with E-state index in [1.165, 1.54) is 0 Å². The van der Waals surface area contributed by atoms with Crippen LogP contribution in [0.3, 0.4) is 0 Å². The van der Waals surface area contributed by atoms with E-state index < -0.39 is 5.60 Å². The number of ether oxygens (including phenoxy) is 1. The molecule has 0 aromatic rings. The van der Waals surface area contributed by atoms with Gasteiger partial charge in [-0.15, -0.1) is 11.8 Å². The molecule has 1 atom stereocenters. The molecule has 1 fully saturated rings. The average molecular weight is 229 g/mol. The Kier molecular flexibility index (Phi) is 3.71. The van der Waals surface area contributed by atoms with Crippen LogP contribution in [-0.4, -0.2) is 34.3 Å². The highest BCUT2D eigenvalue weighted by molar-refractivity contribution is 8.00. The molecule has 0 spiro atoms. The predicted molar refractivity (Wildman–Crippen MR) is 64.0 cm³/mol. The van der Waals surface area contributed by atoms with Gasteiger partial charge in [0.25, 0.3) is 0 Å². The van der Waals surface area contributed by atoms with E-state index in [2.05, 4.69) is 6.58 Å². The molecule has 0 aromatic carbocycles. The zero-order chi connectivity index (χ0) is 11.6. The lowest BCUT2D eigenvalue weighted by atomic mass is 10.2. The van der Waals surface area contributed by atoms with Gasteiger partial charge in [0.05, 0.1) is 0 Å². The standard InChI is InChI=1S/C11H19NO2S/c1-8(2)9-12(6-7-15-9)10(13)14-11(3,4)5/h9H,1,6-7H2,2-5H3. The van der Waals surface area contributed by atoms with Gasteiger partial charge in [0.2, 0.25) is 0 Å². The molecule has 3 nitrogen and oxygen atoms in total. The summed E-state index contributed by atoms with van der Waals surface area (Å²) in [6.07, 6.45) is -0.236. The van der Waals surface area contributed by atoms with Crippen LogP contribution in [0.5, 0.6) is 0 Å². The lowest BCUT2D eigenvalue weighted by molar-refractivity contribution is 0.0272. The molecule has 1 unspecified atom stereocenters. The number of amides is 1. The van der Waals surface area contributed by atoms with E-state index >= 15 is 0 Å². The Balaban J connectivity index is 2.63. The highest BCUT2D eigenvalue weighted by Gasteiger charge is 2.32. The first-order valence-electron chi connectivity index (χ1n) is 5.08. The van der Waals surface area contributed by atoms with Crippen LogP contribution in [0, 0.1) is 0 Å². The van der Waals surface area contributed by atoms with Crippen LogP contribution in [0.25, 0.3) is 0 Å². The molecular weight excluding hydrogens is 210 g/mol. The zero-order valence-corrected chi connectivity index (χ0v) is 10.7. The van der Waals surface area contributed by atoms with Crippen molar-refractivity contribution in [2.45, 2.75) is 38.7 Å². The quantitative estimate of drug-likeness (QED) is 0.647. The lowest BCUT2D eigenvalue weighted by Crippen LogP contribution is -2.39. The monoisotopic (exact) mass is 229 g/mol. The van der Waals surface area contributed by atoms with Crippen molar-refractivity contribution >= 4 is 17.9 Å². The van der Waals surface area contributed by atoms with E-state index in [4.69, 9.17) is 4.74 Å². The van der Waals surface area contributed by atoms with E-state index in [0.29, 0.717) is 0 Å². The zero-order valence-electron chi connectivity index (χ0n) is 9.87. The smallest absolute Gasteiger partial charge is 0.411 e. The third kappa shape index (κ3) is 3.45. The fourth-order valence-corrected chi connectivity index (χ4v) is 2.57. The van der Waals surface area contributed by atoms with E-state index in [0.717, 1.165) is 17.9 Å². The first-order valence-corrected chi connectivity index (χ1v) is 6.13. The number of hydrogen-bond donors (Lipinski definition) is 0. The molecule has 0 bridgehead atoms. The van der Waals surface area contributed by atoms with Gasteiger partial charge < -0.3 is 4.74 Å². The fraction of sp³-hybridized carbons (Fsp3) is 0.727. The molecule has 0 N–H and O–H groups in total. The highest BCUT2D eigenvalue weighted by Crippen LogP contribution is 2.29. The van der Waals surface area contributed by atoms with Gasteiger partial charge in [-0.2, -0.15) is 0 Å². The molecule has 1 saturated heterocycles. The van der Waals surface area contributed by atoms with Gasteiger partial charge in [0, 0.05) is 12.3 Å². The average Bonchev–Trinajstić information content (AvgIpc) is 2.47. The molecule has 1 aliphatic rings. The second-order valence-electron chi connectivity index (χ2n) is 4.74. The molecular formula is C11H19NO2S. The van der Waals surface area contributed by atoms with Crippen molar-refractivity contribution in [3.05, 3.63) is 12.2 Å². The van der Waals surface area contributed by atoms with E-state index in [1.807, 2.05) is 27.7 Å². The largest absolute Gasteiger partial charge is 0.444 e. The molecule has 1 amide bonds. The van der Waals surface area contributed by atoms with Crippen LogP contribution in [0.1, 0.15) is 27.7 Å². The maximum absolute atomic E-state index is 11.8. The molecule has 1 rings (SSSR count). The summed E-state index contributed by atoms with van der Waals surface area (Å²) in [6, 6.07) is 0. The summed E-state index contributed by atoms with van der Waals surface area (Å²) in [5.74, 6) is 0.955. The van der Waals surface area contributed by atoms with Gasteiger partial charge in [-0.3, -0.25) is 4.90 Å². The second kappa shape index (κ2) is 4.47. The van der Waals surface area contributed by atoms with Crippen molar-refractivity contribution in [2.24, 2.45) is 0 Å². The Morgan fingerprint density at radius 3 is 2.60 bits per heavy atom. The molecule has 86 valence electrons. The minimum atomic E-state index is -0.427. The Morgan fingerprint density at radius 1 is 1.53 bits per heavy atom. The van der Waals surface area contributed by atoms with Crippen LogP contribution in [0.2, 0.25) is 0 Å². The number of carbonyl (C=O) groups excluding carboxylic acids is 1. The summed E-state index contributed by atoms with van der Waals surface area (Å²) in [6.45, 7) is 12.2. The Morgan fingerprint density at radius 2 is 2.13 bits per heavy atom. The molecule has 4 heteroatoms. The minimum Gasteiger partial charge on any atom is -0.444 e. The lowest BCUT2D eigenvalue weighted by Gasteiger charge is -2.28. The fourth-order valence-electron chi connectivity index (χ4n) is 1.39. The molecule has 0 aliphatic carbocycles. The topological polar surface area (TPSA) is 29.5 Å². The summed E-state index contributed by atoms with van der Waals surface area (Å²) >= 11 is 1.74. The van der Waals surface area contributed by atoms with E-state index in [9.17, 15) is 4.79 Å². The normalized spacial score (nSPS) is 21.6. The van der Waals surface area contributed by atoms with Crippen LogP contribution in [0.4, 0.5) is 4.79 Å². The summed E-state index contributed by atoms with van der Waals surface area (Å²) in [4.78, 5) is 13.6. The van der Waals surface area contributed by atoms with Crippen LogP contribution < -0.4 is 0 Å². The van der Waals surface area contributed by atoms with Crippen LogP contribution in [-0.2, 0) is 4.74 Å². The minimum absolute atomic E-state index is 0.0832. The maximum Gasteiger partial charge on any atom is 0.411 e. The summed E-state index contributed by atoms with van der Waals surface area (Å²) in [5.41, 5.74) is 0.576. The van der Waals surface area contributed by atoms with Gasteiger partial charge in [-0.05, 0) is 33.3 Å². The number of hydrogen-bond acceptors (Lipinski definition) is 3. The number of rotatable bonds is 1. The number of nitrogens with zero attached hydrogens (tertiary/aromatic N) is 1. The molecule has 1 heterocycles. The third-order valence-electron chi connectivity index (χ3n) is 1.94. The third-order valence-corrected chi connectivity index (χ3v) is 3.33. The molecule has 0 aromatic heterocycles. The van der Waals surface area contributed by atoms with Crippen molar-refractivity contribution < 1.29 is 9.53 Å². The Labute approximate surface area is 95.9 Å². The predicted octanol–water partition coefficient (Wildman–Crippen LogP) is 2.87. The summed E-state index contributed by atoms with van der Waals surface area (Å²) in [5, 5.41) is 0.0832. The SMILES string of the molecule is C=C(C)C1SCCN1C(=O)OC(C)(C)C. The Bertz CT molecular complexity index is 270. The summed E-state index contributed by atoms with van der Waals surface area (Å²) in [7, 11) is 0. The van der Waals surface area contributed by atoms with Crippen molar-refractivity contribution in [2.75, 3.05) is 12.3 Å². The first-order chi connectivity index (χ1) is 6.81. The van der Waals surface area contributed by atoms with Crippen molar-refractivity contribution in [1.29, 1.82) is 0 Å². The number of thioether (sulfide) groups is 1. The van der Waals surface area contributed by atoms with Crippen LogP contribution >= 0.6 is 11.8 Å². The molecule has 0 radical (unpaired) electrons. The van der Waals surface area contributed by atoms with Gasteiger partial charge in [0.1, 0.15) is 11.0 Å². The van der Waals surface area contributed by atoms with E-state index in [1.54, 1.807) is 16.7 Å². The van der Waals surface area contributed by atoms with Gasteiger partial charge in [-0.25, -0.2) is 4.79 Å². The maximum atomic E-state index is 11.8. The van der Waals surface area contributed by atoms with Gasteiger partial charge in [-0.1, -0.05) is 6.58 Å². The van der Waals surface area contributed by atoms with Gasteiger partial charge >= 0.3 is 6.09 Å². The van der Waals surface area contributed by atoms with E-state index in [-0.39, 0.29) is 11.5 Å². The van der Waals surface area contributed by atoms with Crippen molar-refractivity contribution in [1.82, 2.24) is 4.90 Å². The van der Waals surface area contributed by atoms with Crippen molar-refractivity contribution in [3.63, 3.8) is 0 Å². The summed E-state index contributed by atoms with van der Waals surface area (Å²) < 4.78 is 5.33. The highest BCUT2D eigenvalue weighted by atomic mass is 32.2. The van der Waals surface area contributed by atoms with Gasteiger partial charge in [0.15, 0.2) is 0 Å². The second-order valence-corrected chi connectivity index (χ2v) is 5.93. The van der Waals surface area contributed by atoms with Crippen LogP contribution in [0.15, 0.2) is 12.2 Å². The Hall–Kier alpha value is -0.640. The molecule has 0 saturated carbocycles. The molecule has 15 heavy (non-hydrogen) atoms.